The number of amides is 2. The van der Waals surface area contributed by atoms with E-state index in [2.05, 4.69) is 10.5 Å². The van der Waals surface area contributed by atoms with Crippen LogP contribution in [0.25, 0.3) is 16.9 Å². The summed E-state index contributed by atoms with van der Waals surface area (Å²) in [7, 11) is 1.32. The fraction of sp³-hybridized carbons (Fsp3) is 0.320. The molecule has 2 heterocycles. The van der Waals surface area contributed by atoms with Crippen molar-refractivity contribution in [3.05, 3.63) is 69.3 Å². The van der Waals surface area contributed by atoms with Gasteiger partial charge >= 0.3 is 12.3 Å². The molecule has 1 fully saturated rings. The summed E-state index contributed by atoms with van der Waals surface area (Å²) in [6.45, 7) is 1.02. The zero-order valence-electron chi connectivity index (χ0n) is 20.2. The first kappa shape index (κ1) is 27.7. The van der Waals surface area contributed by atoms with E-state index in [9.17, 15) is 27.9 Å². The minimum absolute atomic E-state index is 0.0791. The number of benzene rings is 2. The maximum absolute atomic E-state index is 13.4. The molecular formula is C25H24Cl2F3N5O3. The van der Waals surface area contributed by atoms with E-state index >= 15 is 0 Å². The van der Waals surface area contributed by atoms with E-state index in [-0.39, 0.29) is 34.1 Å². The van der Waals surface area contributed by atoms with Crippen molar-refractivity contribution >= 4 is 35.2 Å². The van der Waals surface area contributed by atoms with Crippen molar-refractivity contribution in [1.82, 2.24) is 25.1 Å². The minimum Gasteiger partial charge on any atom is -0.465 e. The third kappa shape index (κ3) is 6.06. The van der Waals surface area contributed by atoms with Crippen molar-refractivity contribution in [1.29, 1.82) is 0 Å². The van der Waals surface area contributed by atoms with Gasteiger partial charge in [0.15, 0.2) is 5.69 Å². The number of alkyl halides is 3. The second-order valence-electron chi connectivity index (χ2n) is 8.89. The van der Waals surface area contributed by atoms with Crippen LogP contribution in [0.3, 0.4) is 0 Å². The number of piperidine rings is 1. The summed E-state index contributed by atoms with van der Waals surface area (Å²) < 4.78 is 41.1. The Kier molecular flexibility index (Phi) is 8.19. The summed E-state index contributed by atoms with van der Waals surface area (Å²) in [5.74, 6) is -0.572. The maximum atomic E-state index is 13.4. The average molecular weight is 570 g/mol. The molecule has 8 nitrogen and oxygen atoms in total. The van der Waals surface area contributed by atoms with E-state index in [1.54, 1.807) is 17.1 Å². The van der Waals surface area contributed by atoms with Crippen molar-refractivity contribution < 1.29 is 27.9 Å². The van der Waals surface area contributed by atoms with Crippen LogP contribution in [-0.4, -0.2) is 56.9 Å². The number of carbonyl (C=O) groups is 2. The van der Waals surface area contributed by atoms with E-state index in [4.69, 9.17) is 23.2 Å². The first-order chi connectivity index (χ1) is 18.0. The summed E-state index contributed by atoms with van der Waals surface area (Å²) in [6, 6.07) is 8.89. The zero-order valence-corrected chi connectivity index (χ0v) is 21.7. The fourth-order valence-electron chi connectivity index (χ4n) is 4.23. The molecule has 0 spiro atoms. The Morgan fingerprint density at radius 2 is 1.74 bits per heavy atom. The highest BCUT2D eigenvalue weighted by molar-refractivity contribution is 6.35. The second-order valence-corrected chi connectivity index (χ2v) is 9.73. The molecule has 1 aliphatic heterocycles. The number of nitrogens with one attached hydrogen (secondary N) is 1. The molecule has 1 saturated heterocycles. The molecule has 2 N–H and O–H groups in total. The van der Waals surface area contributed by atoms with Crippen molar-refractivity contribution in [2.45, 2.75) is 32.0 Å². The van der Waals surface area contributed by atoms with Crippen LogP contribution in [-0.2, 0) is 12.7 Å². The van der Waals surface area contributed by atoms with Crippen molar-refractivity contribution in [2.75, 3.05) is 20.1 Å². The first-order valence-electron chi connectivity index (χ1n) is 11.7. The van der Waals surface area contributed by atoms with Gasteiger partial charge in [-0.05, 0) is 43.2 Å². The molecule has 0 aliphatic carbocycles. The lowest BCUT2D eigenvalue weighted by Crippen LogP contribution is -2.45. The third-order valence-electron chi connectivity index (χ3n) is 6.16. The molecule has 0 saturated carbocycles. The Hall–Kier alpha value is -3.28. The molecule has 38 heavy (non-hydrogen) atoms. The van der Waals surface area contributed by atoms with Crippen LogP contribution in [0.2, 0.25) is 10.0 Å². The van der Waals surface area contributed by atoms with Gasteiger partial charge in [-0.15, -0.1) is 0 Å². The van der Waals surface area contributed by atoms with E-state index in [0.717, 1.165) is 36.3 Å². The number of halogens is 5. The van der Waals surface area contributed by atoms with Crippen LogP contribution in [0.5, 0.6) is 0 Å². The summed E-state index contributed by atoms with van der Waals surface area (Å²) >= 11 is 12.5. The normalized spacial score (nSPS) is 14.4. The number of rotatable bonds is 6. The molecule has 202 valence electrons. The Labute approximate surface area is 226 Å². The number of hydrogen-bond acceptors (Lipinski definition) is 4. The van der Waals surface area contributed by atoms with Gasteiger partial charge in [0, 0.05) is 36.3 Å². The Bertz CT molecular complexity index is 1340. The van der Waals surface area contributed by atoms with Crippen molar-refractivity contribution in [2.24, 2.45) is 0 Å². The number of hydrazine groups is 1. The number of aromatic nitrogens is 2. The van der Waals surface area contributed by atoms with Gasteiger partial charge in [0.1, 0.15) is 0 Å². The molecule has 2 amide bonds. The zero-order chi connectivity index (χ0) is 27.6. The molecule has 13 heteroatoms. The molecule has 0 atom stereocenters. The molecule has 0 unspecified atom stereocenters. The molecule has 1 aromatic heterocycles. The molecule has 1 aliphatic rings. The molecule has 3 aromatic rings. The second kappa shape index (κ2) is 11.2. The van der Waals surface area contributed by atoms with Gasteiger partial charge in [-0.1, -0.05) is 41.8 Å². The Morgan fingerprint density at radius 3 is 2.32 bits per heavy atom. The fourth-order valence-corrected chi connectivity index (χ4v) is 4.72. The summed E-state index contributed by atoms with van der Waals surface area (Å²) in [5, 5.41) is 16.3. The van der Waals surface area contributed by atoms with Crippen LogP contribution < -0.4 is 5.43 Å². The minimum atomic E-state index is -4.55. The highest BCUT2D eigenvalue weighted by atomic mass is 35.5. The predicted molar refractivity (Wildman–Crippen MR) is 136 cm³/mol. The van der Waals surface area contributed by atoms with Gasteiger partial charge in [-0.3, -0.25) is 10.2 Å². The van der Waals surface area contributed by atoms with E-state index in [0.29, 0.717) is 23.8 Å². The summed E-state index contributed by atoms with van der Waals surface area (Å²) in [5.41, 5.74) is 2.90. The average Bonchev–Trinajstić information content (AvgIpc) is 3.23. The SMILES string of the molecule is CN(Cc1c(C(=O)NN2CCCCC2)nn(-c2ccc(Cl)cc2Cl)c1-c1ccc(C(F)(F)F)cc1)C(=O)O. The number of carboxylic acid groups (broad SMARTS) is 1. The largest absolute Gasteiger partial charge is 0.465 e. The molecule has 0 radical (unpaired) electrons. The van der Waals surface area contributed by atoms with Gasteiger partial charge in [0.05, 0.1) is 28.5 Å². The molecule has 4 rings (SSSR count). The number of hydrogen-bond donors (Lipinski definition) is 2. The molecule has 2 aromatic carbocycles. The lowest BCUT2D eigenvalue weighted by atomic mass is 10.0. The van der Waals surface area contributed by atoms with Gasteiger partial charge in [0.2, 0.25) is 0 Å². The third-order valence-corrected chi connectivity index (χ3v) is 6.70. The standard InChI is InChI=1S/C25H24Cl2F3N5O3/c1-33(24(37)38)14-18-21(23(36)32-34-11-3-2-4-12-34)31-35(20-10-9-17(26)13-19(20)27)22(18)15-5-7-16(8-6-15)25(28,29)30/h5-10,13H,2-4,11-12,14H2,1H3,(H,32,36)(H,37,38). The summed E-state index contributed by atoms with van der Waals surface area (Å²) in [4.78, 5) is 26.1. The van der Waals surface area contributed by atoms with Crippen molar-refractivity contribution in [3.8, 4) is 16.9 Å². The molecule has 0 bridgehead atoms. The summed E-state index contributed by atoms with van der Waals surface area (Å²) in [6.07, 6.45) is -2.96. The molecular weight excluding hydrogens is 546 g/mol. The van der Waals surface area contributed by atoms with Gasteiger partial charge < -0.3 is 10.0 Å². The van der Waals surface area contributed by atoms with Crippen LogP contribution >= 0.6 is 23.2 Å². The number of carbonyl (C=O) groups excluding carboxylic acids is 1. The van der Waals surface area contributed by atoms with Gasteiger partial charge in [-0.25, -0.2) is 14.5 Å². The predicted octanol–water partition coefficient (Wildman–Crippen LogP) is 6.11. The van der Waals surface area contributed by atoms with Gasteiger partial charge in [-0.2, -0.15) is 18.3 Å². The van der Waals surface area contributed by atoms with Crippen molar-refractivity contribution in [3.63, 3.8) is 0 Å². The highest BCUT2D eigenvalue weighted by Crippen LogP contribution is 2.36. The lowest BCUT2D eigenvalue weighted by Gasteiger charge is -2.26. The lowest BCUT2D eigenvalue weighted by molar-refractivity contribution is -0.137. The van der Waals surface area contributed by atoms with E-state index < -0.39 is 23.7 Å². The van der Waals surface area contributed by atoms with Crippen LogP contribution in [0.15, 0.2) is 42.5 Å². The van der Waals surface area contributed by atoms with Crippen LogP contribution in [0.1, 0.15) is 40.9 Å². The van der Waals surface area contributed by atoms with E-state index in [1.807, 2.05) is 0 Å². The topological polar surface area (TPSA) is 90.7 Å². The van der Waals surface area contributed by atoms with Crippen LogP contribution in [0.4, 0.5) is 18.0 Å². The smallest absolute Gasteiger partial charge is 0.416 e. The first-order valence-corrected chi connectivity index (χ1v) is 12.5. The Morgan fingerprint density at radius 1 is 1.08 bits per heavy atom. The van der Waals surface area contributed by atoms with E-state index in [1.165, 1.54) is 29.9 Å². The Balaban J connectivity index is 1.92. The maximum Gasteiger partial charge on any atom is 0.416 e. The van der Waals surface area contributed by atoms with Crippen LogP contribution in [0, 0.1) is 0 Å². The van der Waals surface area contributed by atoms with Gasteiger partial charge in [0.25, 0.3) is 5.91 Å². The highest BCUT2D eigenvalue weighted by Gasteiger charge is 2.32. The monoisotopic (exact) mass is 569 g/mol. The number of nitrogens with zero attached hydrogens (tertiary/aromatic N) is 4. The quantitative estimate of drug-likeness (QED) is 0.374.